The first-order valence-electron chi connectivity index (χ1n) is 6.35. The van der Waals surface area contributed by atoms with Crippen molar-refractivity contribution in [1.29, 1.82) is 0 Å². The zero-order valence-electron chi connectivity index (χ0n) is 10.4. The second kappa shape index (κ2) is 4.85. The number of aromatic amines is 1. The number of benzene rings is 1. The molecule has 98 valence electrons. The Labute approximate surface area is 110 Å². The molecule has 3 N–H and O–H groups in total. The Kier molecular flexibility index (Phi) is 3.05. The van der Waals surface area contributed by atoms with Crippen LogP contribution in [0.5, 0.6) is 0 Å². The number of imide groups is 1. The summed E-state index contributed by atoms with van der Waals surface area (Å²) in [5.41, 5.74) is 2.20. The van der Waals surface area contributed by atoms with E-state index in [-0.39, 0.29) is 17.9 Å². The monoisotopic (exact) mass is 257 g/mol. The molecule has 1 saturated heterocycles. The van der Waals surface area contributed by atoms with E-state index in [4.69, 9.17) is 0 Å². The van der Waals surface area contributed by atoms with Gasteiger partial charge in [-0.2, -0.15) is 0 Å². The topological polar surface area (TPSA) is 74.0 Å². The van der Waals surface area contributed by atoms with Gasteiger partial charge in [0.15, 0.2) is 0 Å². The second-order valence-corrected chi connectivity index (χ2v) is 4.78. The van der Waals surface area contributed by atoms with Crippen LogP contribution in [-0.4, -0.2) is 22.8 Å². The minimum absolute atomic E-state index is 0.184. The lowest BCUT2D eigenvalue weighted by Crippen LogP contribution is -2.50. The molecule has 2 aromatic rings. The van der Waals surface area contributed by atoms with E-state index in [1.165, 1.54) is 5.39 Å². The van der Waals surface area contributed by atoms with Gasteiger partial charge in [0, 0.05) is 24.7 Å². The molecule has 2 amide bonds. The highest BCUT2D eigenvalue weighted by atomic mass is 16.2. The van der Waals surface area contributed by atoms with Crippen LogP contribution in [0.25, 0.3) is 10.9 Å². The van der Waals surface area contributed by atoms with E-state index >= 15 is 0 Å². The third kappa shape index (κ3) is 2.51. The Balaban J connectivity index is 1.65. The van der Waals surface area contributed by atoms with Gasteiger partial charge in [0.1, 0.15) is 0 Å². The van der Waals surface area contributed by atoms with Gasteiger partial charge in [-0.1, -0.05) is 12.1 Å². The lowest BCUT2D eigenvalue weighted by atomic mass is 10.1. The van der Waals surface area contributed by atoms with Gasteiger partial charge in [0.05, 0.1) is 6.04 Å². The van der Waals surface area contributed by atoms with E-state index in [0.29, 0.717) is 19.4 Å². The molecule has 5 heteroatoms. The summed E-state index contributed by atoms with van der Waals surface area (Å²) in [6.07, 6.45) is 2.87. The van der Waals surface area contributed by atoms with E-state index < -0.39 is 0 Å². The summed E-state index contributed by atoms with van der Waals surface area (Å²) in [4.78, 5) is 25.8. The second-order valence-electron chi connectivity index (χ2n) is 4.78. The number of amides is 2. The number of fused-ring (bicyclic) bond motifs is 1. The van der Waals surface area contributed by atoms with E-state index in [1.54, 1.807) is 0 Å². The number of aromatic nitrogens is 1. The molecule has 5 nitrogen and oxygen atoms in total. The Bertz CT molecular complexity index is 632. The fourth-order valence-electron chi connectivity index (χ4n) is 2.33. The smallest absolute Gasteiger partial charge is 0.243 e. The van der Waals surface area contributed by atoms with Gasteiger partial charge in [0.25, 0.3) is 0 Å². The Morgan fingerprint density at radius 3 is 3.00 bits per heavy atom. The maximum Gasteiger partial charge on any atom is 0.243 e. The van der Waals surface area contributed by atoms with Gasteiger partial charge >= 0.3 is 0 Å². The van der Waals surface area contributed by atoms with E-state index in [1.807, 2.05) is 24.4 Å². The Morgan fingerprint density at radius 2 is 2.16 bits per heavy atom. The summed E-state index contributed by atoms with van der Waals surface area (Å²) < 4.78 is 0. The van der Waals surface area contributed by atoms with Crippen molar-refractivity contribution in [3.63, 3.8) is 0 Å². The number of carbonyl (C=O) groups excluding carboxylic acids is 2. The van der Waals surface area contributed by atoms with Gasteiger partial charge in [0.2, 0.25) is 11.8 Å². The van der Waals surface area contributed by atoms with Crippen LogP contribution in [0.4, 0.5) is 0 Å². The van der Waals surface area contributed by atoms with Crippen LogP contribution in [0.3, 0.4) is 0 Å². The van der Waals surface area contributed by atoms with Crippen LogP contribution in [0.1, 0.15) is 18.4 Å². The zero-order valence-corrected chi connectivity index (χ0v) is 10.4. The first kappa shape index (κ1) is 11.9. The quantitative estimate of drug-likeness (QED) is 0.720. The molecule has 0 spiro atoms. The van der Waals surface area contributed by atoms with Gasteiger partial charge in [-0.15, -0.1) is 0 Å². The average molecular weight is 257 g/mol. The number of hydrogen-bond acceptors (Lipinski definition) is 3. The van der Waals surface area contributed by atoms with Crippen LogP contribution in [0.15, 0.2) is 30.5 Å². The van der Waals surface area contributed by atoms with Crippen LogP contribution >= 0.6 is 0 Å². The summed E-state index contributed by atoms with van der Waals surface area (Å²) in [5.74, 6) is -0.409. The number of H-pyrrole nitrogens is 1. The molecule has 1 fully saturated rings. The highest BCUT2D eigenvalue weighted by Crippen LogP contribution is 2.14. The minimum atomic E-state index is -0.281. The normalized spacial score (nSPS) is 19.7. The van der Waals surface area contributed by atoms with E-state index in [9.17, 15) is 9.59 Å². The molecule has 1 aliphatic rings. The molecule has 2 heterocycles. The largest absolute Gasteiger partial charge is 0.361 e. The van der Waals surface area contributed by atoms with Crippen molar-refractivity contribution in [3.05, 3.63) is 36.0 Å². The van der Waals surface area contributed by atoms with Crippen molar-refractivity contribution >= 4 is 22.7 Å². The van der Waals surface area contributed by atoms with Crippen LogP contribution in [-0.2, 0) is 16.1 Å². The third-order valence-corrected chi connectivity index (χ3v) is 3.41. The van der Waals surface area contributed by atoms with Crippen LogP contribution < -0.4 is 10.6 Å². The molecule has 0 radical (unpaired) electrons. The van der Waals surface area contributed by atoms with Crippen molar-refractivity contribution < 1.29 is 9.59 Å². The molecule has 1 atom stereocenters. The average Bonchev–Trinajstić information content (AvgIpc) is 2.85. The SMILES string of the molecule is O=C1CCC(NCc2ccc3cc[nH]c3c2)C(=O)N1. The van der Waals surface area contributed by atoms with Gasteiger partial charge in [-0.3, -0.25) is 14.9 Å². The predicted octanol–water partition coefficient (Wildman–Crippen LogP) is 1.06. The summed E-state index contributed by atoms with van der Waals surface area (Å²) in [6, 6.07) is 7.89. The van der Waals surface area contributed by atoms with E-state index in [0.717, 1.165) is 11.1 Å². The van der Waals surface area contributed by atoms with Crippen molar-refractivity contribution in [2.24, 2.45) is 0 Å². The lowest BCUT2D eigenvalue weighted by Gasteiger charge is -2.21. The highest BCUT2D eigenvalue weighted by molar-refractivity contribution is 6.00. The highest BCUT2D eigenvalue weighted by Gasteiger charge is 2.25. The molecule has 3 rings (SSSR count). The maximum atomic E-state index is 11.6. The fraction of sp³-hybridized carbons (Fsp3) is 0.286. The molecular formula is C14H15N3O2. The third-order valence-electron chi connectivity index (χ3n) is 3.41. The standard InChI is InChI=1S/C14H15N3O2/c18-13-4-3-11(14(19)17-13)16-8-9-1-2-10-5-6-15-12(10)7-9/h1-2,5-7,11,15-16H,3-4,8H2,(H,17,18,19). The molecule has 1 aromatic heterocycles. The first-order chi connectivity index (χ1) is 9.22. The predicted molar refractivity (Wildman–Crippen MR) is 71.3 cm³/mol. The van der Waals surface area contributed by atoms with Crippen LogP contribution in [0.2, 0.25) is 0 Å². The summed E-state index contributed by atoms with van der Waals surface area (Å²) in [5, 5.41) is 6.70. The van der Waals surface area contributed by atoms with Crippen molar-refractivity contribution in [2.45, 2.75) is 25.4 Å². The van der Waals surface area contributed by atoms with Gasteiger partial charge in [-0.25, -0.2) is 0 Å². The molecule has 1 unspecified atom stereocenters. The Morgan fingerprint density at radius 1 is 1.26 bits per heavy atom. The number of rotatable bonds is 3. The maximum absolute atomic E-state index is 11.6. The molecule has 19 heavy (non-hydrogen) atoms. The van der Waals surface area contributed by atoms with Crippen molar-refractivity contribution in [1.82, 2.24) is 15.6 Å². The summed E-state index contributed by atoms with van der Waals surface area (Å²) >= 11 is 0. The molecular weight excluding hydrogens is 242 g/mol. The first-order valence-corrected chi connectivity index (χ1v) is 6.35. The Hall–Kier alpha value is -2.14. The zero-order chi connectivity index (χ0) is 13.2. The number of carbonyl (C=O) groups is 2. The molecule has 1 aliphatic heterocycles. The lowest BCUT2D eigenvalue weighted by molar-refractivity contribution is -0.134. The van der Waals surface area contributed by atoms with Crippen LogP contribution in [0, 0.1) is 0 Å². The number of piperidine rings is 1. The minimum Gasteiger partial charge on any atom is -0.361 e. The fourth-order valence-corrected chi connectivity index (χ4v) is 2.33. The number of nitrogens with one attached hydrogen (secondary N) is 3. The molecule has 0 saturated carbocycles. The molecule has 0 bridgehead atoms. The number of hydrogen-bond donors (Lipinski definition) is 3. The van der Waals surface area contributed by atoms with Gasteiger partial charge in [-0.05, 0) is 29.5 Å². The van der Waals surface area contributed by atoms with E-state index in [2.05, 4.69) is 21.7 Å². The van der Waals surface area contributed by atoms with Crippen molar-refractivity contribution in [2.75, 3.05) is 0 Å². The van der Waals surface area contributed by atoms with Gasteiger partial charge < -0.3 is 10.3 Å². The molecule has 0 aliphatic carbocycles. The summed E-state index contributed by atoms with van der Waals surface area (Å²) in [7, 11) is 0. The summed E-state index contributed by atoms with van der Waals surface area (Å²) in [6.45, 7) is 0.612. The van der Waals surface area contributed by atoms with Crippen molar-refractivity contribution in [3.8, 4) is 0 Å². The molecule has 1 aromatic carbocycles.